The molecular weight excluding hydrogens is 112 g/mol. The van der Waals surface area contributed by atoms with E-state index >= 15 is 0 Å². The molecule has 1 aliphatic heterocycles. The van der Waals surface area contributed by atoms with Crippen LogP contribution >= 0.6 is 0 Å². The SMILES string of the molecule is CCC1(C)OC(C)=C1C. The van der Waals surface area contributed by atoms with Crippen LogP contribution in [0.4, 0.5) is 0 Å². The summed E-state index contributed by atoms with van der Waals surface area (Å²) in [7, 11) is 0. The normalized spacial score (nSPS) is 33.8. The van der Waals surface area contributed by atoms with Crippen molar-refractivity contribution >= 4 is 0 Å². The molecule has 1 nitrogen and oxygen atoms in total. The fourth-order valence-corrected chi connectivity index (χ4v) is 1.15. The number of ether oxygens (including phenoxy) is 1. The Morgan fingerprint density at radius 2 is 2.00 bits per heavy atom. The Kier molecular flexibility index (Phi) is 1.30. The molecule has 1 aliphatic rings. The molecule has 1 heteroatoms. The molecule has 1 heterocycles. The molecule has 0 N–H and O–H groups in total. The van der Waals surface area contributed by atoms with Crippen LogP contribution in [0.25, 0.3) is 0 Å². The first-order chi connectivity index (χ1) is 4.10. The van der Waals surface area contributed by atoms with E-state index in [9.17, 15) is 0 Å². The van der Waals surface area contributed by atoms with Gasteiger partial charge < -0.3 is 4.74 Å². The molecule has 1 rings (SSSR count). The fraction of sp³-hybridized carbons (Fsp3) is 0.750. The molecule has 0 amide bonds. The van der Waals surface area contributed by atoms with Gasteiger partial charge in [-0.2, -0.15) is 0 Å². The Bertz CT molecular complexity index is 158. The van der Waals surface area contributed by atoms with Crippen molar-refractivity contribution in [1.29, 1.82) is 0 Å². The minimum absolute atomic E-state index is 0.0735. The topological polar surface area (TPSA) is 9.23 Å². The van der Waals surface area contributed by atoms with Gasteiger partial charge in [0.15, 0.2) is 0 Å². The van der Waals surface area contributed by atoms with Crippen molar-refractivity contribution in [2.75, 3.05) is 0 Å². The molecular formula is C8H14O. The minimum atomic E-state index is 0.0735. The summed E-state index contributed by atoms with van der Waals surface area (Å²) in [6.45, 7) is 8.44. The van der Waals surface area contributed by atoms with Gasteiger partial charge >= 0.3 is 0 Å². The van der Waals surface area contributed by atoms with E-state index in [4.69, 9.17) is 4.74 Å². The highest BCUT2D eigenvalue weighted by Crippen LogP contribution is 2.38. The monoisotopic (exact) mass is 126 g/mol. The van der Waals surface area contributed by atoms with Gasteiger partial charge in [-0.25, -0.2) is 0 Å². The van der Waals surface area contributed by atoms with Crippen LogP contribution in [-0.2, 0) is 4.74 Å². The van der Waals surface area contributed by atoms with E-state index in [1.165, 1.54) is 5.57 Å². The first-order valence-electron chi connectivity index (χ1n) is 3.47. The number of rotatable bonds is 1. The lowest BCUT2D eigenvalue weighted by Gasteiger charge is -2.40. The second kappa shape index (κ2) is 1.76. The van der Waals surface area contributed by atoms with E-state index < -0.39 is 0 Å². The third-order valence-corrected chi connectivity index (χ3v) is 2.37. The van der Waals surface area contributed by atoms with Crippen LogP contribution in [0, 0.1) is 0 Å². The van der Waals surface area contributed by atoms with Crippen molar-refractivity contribution in [3.63, 3.8) is 0 Å². The first-order valence-corrected chi connectivity index (χ1v) is 3.47. The van der Waals surface area contributed by atoms with E-state index in [0.29, 0.717) is 0 Å². The van der Waals surface area contributed by atoms with E-state index in [0.717, 1.165) is 12.2 Å². The predicted octanol–water partition coefficient (Wildman–Crippen LogP) is 2.48. The van der Waals surface area contributed by atoms with Crippen molar-refractivity contribution in [3.8, 4) is 0 Å². The van der Waals surface area contributed by atoms with E-state index in [-0.39, 0.29) is 5.60 Å². The summed E-state index contributed by atoms with van der Waals surface area (Å²) in [6.07, 6.45) is 1.08. The fourth-order valence-electron chi connectivity index (χ4n) is 1.15. The Morgan fingerprint density at radius 1 is 1.44 bits per heavy atom. The molecule has 1 atom stereocenters. The summed E-state index contributed by atoms with van der Waals surface area (Å²) < 4.78 is 5.47. The lowest BCUT2D eigenvalue weighted by atomic mass is 9.88. The van der Waals surface area contributed by atoms with Crippen LogP contribution in [0.5, 0.6) is 0 Å². The standard InChI is InChI=1S/C8H14O/c1-5-8(4)6(2)7(3)9-8/h5H2,1-4H3. The van der Waals surface area contributed by atoms with Crippen molar-refractivity contribution < 1.29 is 4.74 Å². The zero-order valence-corrected chi connectivity index (χ0v) is 6.62. The van der Waals surface area contributed by atoms with Gasteiger partial charge in [0.2, 0.25) is 0 Å². The summed E-state index contributed by atoms with van der Waals surface area (Å²) in [4.78, 5) is 0. The van der Waals surface area contributed by atoms with Crippen molar-refractivity contribution in [2.24, 2.45) is 0 Å². The van der Waals surface area contributed by atoms with Crippen molar-refractivity contribution in [1.82, 2.24) is 0 Å². The molecule has 0 bridgehead atoms. The molecule has 0 radical (unpaired) electrons. The van der Waals surface area contributed by atoms with Crippen LogP contribution < -0.4 is 0 Å². The molecule has 0 spiro atoms. The number of hydrogen-bond donors (Lipinski definition) is 0. The van der Waals surface area contributed by atoms with Gasteiger partial charge in [0.05, 0.1) is 5.76 Å². The maximum absolute atomic E-state index is 5.47. The summed E-state index contributed by atoms with van der Waals surface area (Å²) >= 11 is 0. The Labute approximate surface area is 56.7 Å². The maximum atomic E-state index is 5.47. The molecule has 9 heavy (non-hydrogen) atoms. The lowest BCUT2D eigenvalue weighted by Crippen LogP contribution is -2.37. The highest BCUT2D eigenvalue weighted by Gasteiger charge is 2.36. The molecule has 52 valence electrons. The zero-order chi connectivity index (χ0) is 7.07. The van der Waals surface area contributed by atoms with E-state index in [2.05, 4.69) is 20.8 Å². The highest BCUT2D eigenvalue weighted by atomic mass is 16.5. The van der Waals surface area contributed by atoms with Gasteiger partial charge in [-0.3, -0.25) is 0 Å². The summed E-state index contributed by atoms with van der Waals surface area (Å²) in [5.41, 5.74) is 1.48. The quantitative estimate of drug-likeness (QED) is 0.524. The molecule has 0 aliphatic carbocycles. The minimum Gasteiger partial charge on any atom is -0.488 e. The molecule has 0 aromatic heterocycles. The lowest BCUT2D eigenvalue weighted by molar-refractivity contribution is -0.00767. The molecule has 0 fully saturated rings. The van der Waals surface area contributed by atoms with Crippen LogP contribution in [0.15, 0.2) is 11.3 Å². The number of hydrogen-bond acceptors (Lipinski definition) is 1. The molecule has 0 aromatic carbocycles. The number of allylic oxidation sites excluding steroid dienone is 1. The van der Waals surface area contributed by atoms with Gasteiger partial charge in [-0.15, -0.1) is 0 Å². The Balaban J connectivity index is 2.74. The van der Waals surface area contributed by atoms with Gasteiger partial charge in [-0.1, -0.05) is 6.92 Å². The molecule has 1 unspecified atom stereocenters. The zero-order valence-electron chi connectivity index (χ0n) is 6.62. The Hall–Kier alpha value is -0.460. The van der Waals surface area contributed by atoms with Crippen LogP contribution in [0.1, 0.15) is 34.1 Å². The second-order valence-electron chi connectivity index (χ2n) is 2.87. The van der Waals surface area contributed by atoms with Crippen LogP contribution in [0.2, 0.25) is 0 Å². The summed E-state index contributed by atoms with van der Waals surface area (Å²) in [5.74, 6) is 1.11. The average molecular weight is 126 g/mol. The van der Waals surface area contributed by atoms with Crippen LogP contribution in [-0.4, -0.2) is 5.60 Å². The second-order valence-corrected chi connectivity index (χ2v) is 2.87. The molecule has 0 saturated carbocycles. The highest BCUT2D eigenvalue weighted by molar-refractivity contribution is 5.25. The van der Waals surface area contributed by atoms with Gasteiger partial charge in [0, 0.05) is 5.57 Å². The van der Waals surface area contributed by atoms with Crippen molar-refractivity contribution in [3.05, 3.63) is 11.3 Å². The predicted molar refractivity (Wildman–Crippen MR) is 38.2 cm³/mol. The molecule has 0 saturated heterocycles. The maximum Gasteiger partial charge on any atom is 0.130 e. The van der Waals surface area contributed by atoms with Gasteiger partial charge in [0.1, 0.15) is 5.60 Å². The Morgan fingerprint density at radius 3 is 2.11 bits per heavy atom. The third-order valence-electron chi connectivity index (χ3n) is 2.37. The molecule has 0 aromatic rings. The van der Waals surface area contributed by atoms with Crippen molar-refractivity contribution in [2.45, 2.75) is 39.7 Å². The average Bonchev–Trinajstić information content (AvgIpc) is 1.87. The van der Waals surface area contributed by atoms with Gasteiger partial charge in [-0.05, 0) is 27.2 Å². The van der Waals surface area contributed by atoms with E-state index in [1.807, 2.05) is 6.92 Å². The largest absolute Gasteiger partial charge is 0.488 e. The smallest absolute Gasteiger partial charge is 0.130 e. The third kappa shape index (κ3) is 0.752. The van der Waals surface area contributed by atoms with E-state index in [1.54, 1.807) is 0 Å². The first kappa shape index (κ1) is 6.66. The summed E-state index contributed by atoms with van der Waals surface area (Å²) in [6, 6.07) is 0. The van der Waals surface area contributed by atoms with Gasteiger partial charge in [0.25, 0.3) is 0 Å². The van der Waals surface area contributed by atoms with Crippen LogP contribution in [0.3, 0.4) is 0 Å². The summed E-state index contributed by atoms with van der Waals surface area (Å²) in [5, 5.41) is 0.